The van der Waals surface area contributed by atoms with Crippen molar-refractivity contribution in [1.82, 2.24) is 20.2 Å². The molecule has 0 fully saturated rings. The molecule has 3 aromatic rings. The van der Waals surface area contributed by atoms with Crippen LogP contribution in [0.15, 0.2) is 48.5 Å². The van der Waals surface area contributed by atoms with Crippen LogP contribution in [0.4, 0.5) is 5.69 Å². The quantitative estimate of drug-likeness (QED) is 0.715. The maximum atomic E-state index is 12.3. The highest BCUT2D eigenvalue weighted by atomic mass is 16.5. The fourth-order valence-electron chi connectivity index (χ4n) is 2.12. The zero-order chi connectivity index (χ0) is 17.8. The molecule has 0 saturated heterocycles. The number of anilines is 1. The smallest absolute Gasteiger partial charge is 0.297 e. The van der Waals surface area contributed by atoms with Crippen LogP contribution < -0.4 is 15.8 Å². The molecular formula is C16H14N6O3. The van der Waals surface area contributed by atoms with Gasteiger partial charge in [0.25, 0.3) is 17.6 Å². The molecule has 25 heavy (non-hydrogen) atoms. The zero-order valence-corrected chi connectivity index (χ0v) is 13.2. The molecular weight excluding hydrogens is 324 g/mol. The minimum absolute atomic E-state index is 0.143. The number of primary amides is 1. The second-order valence-corrected chi connectivity index (χ2v) is 4.96. The number of para-hydroxylation sites is 1. The number of carbonyl (C=O) groups excluding carboxylic acids is 2. The first-order valence-corrected chi connectivity index (χ1v) is 7.23. The lowest BCUT2D eigenvalue weighted by atomic mass is 10.1. The van der Waals surface area contributed by atoms with Crippen molar-refractivity contribution in [3.63, 3.8) is 0 Å². The Morgan fingerprint density at radius 2 is 1.84 bits per heavy atom. The zero-order valence-electron chi connectivity index (χ0n) is 13.2. The normalized spacial score (nSPS) is 10.3. The summed E-state index contributed by atoms with van der Waals surface area (Å²) >= 11 is 0. The minimum Gasteiger partial charge on any atom is -0.497 e. The van der Waals surface area contributed by atoms with E-state index >= 15 is 0 Å². The van der Waals surface area contributed by atoms with E-state index in [4.69, 9.17) is 10.5 Å². The van der Waals surface area contributed by atoms with Crippen LogP contribution in [0, 0.1) is 0 Å². The van der Waals surface area contributed by atoms with Crippen molar-refractivity contribution in [3.05, 3.63) is 59.9 Å². The van der Waals surface area contributed by atoms with E-state index in [-0.39, 0.29) is 17.1 Å². The summed E-state index contributed by atoms with van der Waals surface area (Å²) in [5.41, 5.74) is 6.37. The highest BCUT2D eigenvalue weighted by Crippen LogP contribution is 2.16. The first kappa shape index (κ1) is 16.1. The summed E-state index contributed by atoms with van der Waals surface area (Å²) in [4.78, 5) is 24.9. The topological polar surface area (TPSA) is 125 Å². The Morgan fingerprint density at radius 1 is 1.12 bits per heavy atom. The highest BCUT2D eigenvalue weighted by Gasteiger charge is 2.16. The number of tetrazole rings is 1. The summed E-state index contributed by atoms with van der Waals surface area (Å²) in [5, 5.41) is 14.2. The fraction of sp³-hybridized carbons (Fsp3) is 0.0625. The average molecular weight is 338 g/mol. The van der Waals surface area contributed by atoms with Crippen molar-refractivity contribution in [2.75, 3.05) is 12.4 Å². The van der Waals surface area contributed by atoms with Crippen molar-refractivity contribution in [1.29, 1.82) is 0 Å². The maximum absolute atomic E-state index is 12.3. The van der Waals surface area contributed by atoms with E-state index in [1.165, 1.54) is 10.9 Å². The van der Waals surface area contributed by atoms with Crippen LogP contribution in [-0.4, -0.2) is 39.1 Å². The van der Waals surface area contributed by atoms with Gasteiger partial charge in [0.15, 0.2) is 0 Å². The predicted octanol–water partition coefficient (Wildman–Crippen LogP) is 1.02. The van der Waals surface area contributed by atoms with Gasteiger partial charge in [-0.15, -0.1) is 15.0 Å². The molecule has 0 unspecified atom stereocenters. The molecule has 0 aliphatic heterocycles. The predicted molar refractivity (Wildman–Crippen MR) is 88.6 cm³/mol. The van der Waals surface area contributed by atoms with Crippen molar-refractivity contribution in [2.45, 2.75) is 0 Å². The van der Waals surface area contributed by atoms with Gasteiger partial charge in [0, 0.05) is 0 Å². The Hall–Kier alpha value is -3.75. The van der Waals surface area contributed by atoms with Crippen LogP contribution in [0.3, 0.4) is 0 Å². The molecule has 2 aromatic carbocycles. The lowest BCUT2D eigenvalue weighted by molar-refractivity contribution is 0.100. The molecule has 9 nitrogen and oxygen atoms in total. The SMILES string of the molecule is COc1ccc(-n2nnc(C(=O)Nc3ccccc3C(N)=O)n2)cc1. The van der Waals surface area contributed by atoms with Gasteiger partial charge >= 0.3 is 0 Å². The molecule has 0 aliphatic rings. The molecule has 0 spiro atoms. The molecule has 126 valence electrons. The molecule has 9 heteroatoms. The van der Waals surface area contributed by atoms with Gasteiger partial charge in [-0.3, -0.25) is 9.59 Å². The van der Waals surface area contributed by atoms with Gasteiger partial charge in [-0.2, -0.15) is 0 Å². The summed E-state index contributed by atoms with van der Waals surface area (Å²) in [6, 6.07) is 13.3. The second kappa shape index (κ2) is 6.79. The Labute approximate surface area is 142 Å². The first-order chi connectivity index (χ1) is 12.1. The number of carbonyl (C=O) groups is 2. The number of methoxy groups -OCH3 is 1. The number of rotatable bonds is 5. The van der Waals surface area contributed by atoms with E-state index in [1.54, 1.807) is 49.6 Å². The van der Waals surface area contributed by atoms with Gasteiger partial charge in [-0.05, 0) is 41.6 Å². The van der Waals surface area contributed by atoms with Crippen LogP contribution in [-0.2, 0) is 0 Å². The molecule has 1 aromatic heterocycles. The Balaban J connectivity index is 1.80. The third kappa shape index (κ3) is 3.44. The van der Waals surface area contributed by atoms with Crippen LogP contribution in [0.1, 0.15) is 21.0 Å². The van der Waals surface area contributed by atoms with Gasteiger partial charge in [-0.25, -0.2) is 0 Å². The van der Waals surface area contributed by atoms with E-state index in [9.17, 15) is 9.59 Å². The van der Waals surface area contributed by atoms with Crippen molar-refractivity contribution >= 4 is 17.5 Å². The molecule has 0 aliphatic carbocycles. The number of ether oxygens (including phenoxy) is 1. The molecule has 1 heterocycles. The summed E-state index contributed by atoms with van der Waals surface area (Å²) in [6.45, 7) is 0. The Morgan fingerprint density at radius 3 is 2.52 bits per heavy atom. The number of benzene rings is 2. The summed E-state index contributed by atoms with van der Waals surface area (Å²) in [7, 11) is 1.56. The van der Waals surface area contributed by atoms with Crippen molar-refractivity contribution < 1.29 is 14.3 Å². The fourth-order valence-corrected chi connectivity index (χ4v) is 2.12. The standard InChI is InChI=1S/C16H14N6O3/c1-25-11-8-6-10(7-9-11)22-20-15(19-21-22)16(24)18-13-5-3-2-4-12(13)14(17)23/h2-9H,1H3,(H2,17,23)(H,18,24). The van der Waals surface area contributed by atoms with Crippen LogP contribution in [0.25, 0.3) is 5.69 Å². The first-order valence-electron chi connectivity index (χ1n) is 7.23. The molecule has 3 rings (SSSR count). The third-order valence-electron chi connectivity index (χ3n) is 3.36. The lowest BCUT2D eigenvalue weighted by Crippen LogP contribution is -2.19. The van der Waals surface area contributed by atoms with Crippen molar-refractivity contribution in [3.8, 4) is 11.4 Å². The maximum Gasteiger partial charge on any atom is 0.297 e. The second-order valence-electron chi connectivity index (χ2n) is 4.96. The molecule has 0 atom stereocenters. The molecule has 0 radical (unpaired) electrons. The van der Waals surface area contributed by atoms with E-state index in [2.05, 4.69) is 20.7 Å². The Kier molecular flexibility index (Phi) is 4.38. The average Bonchev–Trinajstić information content (AvgIpc) is 3.12. The van der Waals surface area contributed by atoms with Gasteiger partial charge < -0.3 is 15.8 Å². The number of nitrogens with two attached hydrogens (primary N) is 1. The Bertz CT molecular complexity index is 920. The largest absolute Gasteiger partial charge is 0.497 e. The van der Waals surface area contributed by atoms with Gasteiger partial charge in [0.2, 0.25) is 0 Å². The van der Waals surface area contributed by atoms with E-state index in [0.29, 0.717) is 11.4 Å². The van der Waals surface area contributed by atoms with Crippen LogP contribution in [0.5, 0.6) is 5.75 Å². The van der Waals surface area contributed by atoms with E-state index in [1.807, 2.05) is 0 Å². The van der Waals surface area contributed by atoms with Gasteiger partial charge in [0.05, 0.1) is 24.0 Å². The van der Waals surface area contributed by atoms with E-state index in [0.717, 1.165) is 0 Å². The number of nitrogens with zero attached hydrogens (tertiary/aromatic N) is 4. The summed E-state index contributed by atoms with van der Waals surface area (Å²) < 4.78 is 5.08. The number of nitrogens with one attached hydrogen (secondary N) is 1. The minimum atomic E-state index is -0.647. The number of hydrogen-bond acceptors (Lipinski definition) is 6. The summed E-state index contributed by atoms with van der Waals surface area (Å²) in [6.07, 6.45) is 0. The van der Waals surface area contributed by atoms with Crippen molar-refractivity contribution in [2.24, 2.45) is 5.73 Å². The summed E-state index contributed by atoms with van der Waals surface area (Å²) in [5.74, 6) is -0.709. The van der Waals surface area contributed by atoms with Gasteiger partial charge in [0.1, 0.15) is 5.75 Å². The van der Waals surface area contributed by atoms with Crippen LogP contribution in [0.2, 0.25) is 0 Å². The molecule has 0 saturated carbocycles. The number of hydrogen-bond donors (Lipinski definition) is 2. The molecule has 2 amide bonds. The lowest BCUT2D eigenvalue weighted by Gasteiger charge is -2.06. The highest BCUT2D eigenvalue weighted by molar-refractivity contribution is 6.07. The number of aromatic nitrogens is 4. The van der Waals surface area contributed by atoms with Crippen LogP contribution >= 0.6 is 0 Å². The molecule has 0 bridgehead atoms. The number of amides is 2. The third-order valence-corrected chi connectivity index (χ3v) is 3.36. The molecule has 3 N–H and O–H groups in total. The monoisotopic (exact) mass is 338 g/mol. The van der Waals surface area contributed by atoms with Gasteiger partial charge in [-0.1, -0.05) is 12.1 Å². The van der Waals surface area contributed by atoms with E-state index < -0.39 is 11.8 Å².